The van der Waals surface area contributed by atoms with Gasteiger partial charge in [0.1, 0.15) is 22.9 Å². The molecule has 230 valence electrons. The first-order valence-corrected chi connectivity index (χ1v) is 14.5. The van der Waals surface area contributed by atoms with Crippen LogP contribution in [0.4, 0.5) is 23.8 Å². The fourth-order valence-corrected chi connectivity index (χ4v) is 5.28. The fourth-order valence-electron chi connectivity index (χ4n) is 5.28. The molecule has 2 aliphatic rings. The second kappa shape index (κ2) is 13.7. The van der Waals surface area contributed by atoms with Crippen molar-refractivity contribution in [3.8, 4) is 0 Å². The van der Waals surface area contributed by atoms with Gasteiger partial charge in [-0.1, -0.05) is 31.7 Å². The molecule has 3 heterocycles. The Bertz CT molecular complexity index is 1070. The van der Waals surface area contributed by atoms with Crippen molar-refractivity contribution in [1.82, 2.24) is 15.2 Å². The third kappa shape index (κ3) is 8.97. The van der Waals surface area contributed by atoms with Crippen LogP contribution in [0, 0.1) is 5.41 Å². The van der Waals surface area contributed by atoms with Crippen LogP contribution in [0.5, 0.6) is 0 Å². The highest BCUT2D eigenvalue weighted by Gasteiger charge is 2.61. The van der Waals surface area contributed by atoms with Crippen LogP contribution in [-0.2, 0) is 27.2 Å². The van der Waals surface area contributed by atoms with E-state index in [4.69, 9.17) is 4.74 Å². The lowest BCUT2D eigenvalue weighted by Crippen LogP contribution is -2.59. The minimum absolute atomic E-state index is 0.0388. The number of hydrogen-bond acceptors (Lipinski definition) is 6. The normalized spacial score (nSPS) is 17.7. The minimum atomic E-state index is -4.90. The molecular formula is C29H43F3N4O5. The summed E-state index contributed by atoms with van der Waals surface area (Å²) in [6.45, 7) is 5.25. The number of carbonyl (C=O) groups is 3. The summed E-state index contributed by atoms with van der Waals surface area (Å²) in [5.74, 6) is -1.75. The van der Waals surface area contributed by atoms with Crippen molar-refractivity contribution in [3.05, 3.63) is 23.4 Å². The number of fused-ring (bicyclic) bond motifs is 1. The number of piperidine rings is 1. The van der Waals surface area contributed by atoms with Crippen LogP contribution < -0.4 is 10.6 Å². The number of likely N-dealkylation sites (tertiary alicyclic amines) is 1. The van der Waals surface area contributed by atoms with E-state index in [9.17, 15) is 32.7 Å². The largest absolute Gasteiger partial charge is 0.480 e. The van der Waals surface area contributed by atoms with Crippen LogP contribution in [0.25, 0.3) is 0 Å². The Morgan fingerprint density at radius 3 is 2.39 bits per heavy atom. The zero-order chi connectivity index (χ0) is 30.3. The van der Waals surface area contributed by atoms with Crippen molar-refractivity contribution in [3.63, 3.8) is 0 Å². The van der Waals surface area contributed by atoms with Crippen molar-refractivity contribution < 1.29 is 37.4 Å². The fraction of sp³-hybridized carbons (Fsp3) is 0.724. The molecule has 0 radical (unpaired) electrons. The Kier molecular flexibility index (Phi) is 10.9. The van der Waals surface area contributed by atoms with E-state index in [-0.39, 0.29) is 19.5 Å². The maximum Gasteiger partial charge on any atom is 0.410 e. The number of halogens is 3. The summed E-state index contributed by atoms with van der Waals surface area (Å²) in [4.78, 5) is 42.9. The topological polar surface area (TPSA) is 121 Å². The summed E-state index contributed by atoms with van der Waals surface area (Å²) in [5, 5.41) is 15.1. The Morgan fingerprint density at radius 2 is 1.76 bits per heavy atom. The van der Waals surface area contributed by atoms with Crippen LogP contribution >= 0.6 is 0 Å². The van der Waals surface area contributed by atoms with E-state index in [0.29, 0.717) is 12.8 Å². The predicted molar refractivity (Wildman–Crippen MR) is 148 cm³/mol. The number of hydrogen-bond donors (Lipinski definition) is 3. The molecule has 3 N–H and O–H groups in total. The molecule has 9 nitrogen and oxygen atoms in total. The molecule has 0 unspecified atom stereocenters. The van der Waals surface area contributed by atoms with Gasteiger partial charge in [0.25, 0.3) is 0 Å². The molecule has 1 aromatic rings. The molecule has 2 amide bonds. The summed E-state index contributed by atoms with van der Waals surface area (Å²) in [5.41, 5.74) is -1.30. The van der Waals surface area contributed by atoms with Crippen molar-refractivity contribution in [2.24, 2.45) is 5.41 Å². The number of carbonyl (C=O) groups excluding carboxylic acids is 2. The summed E-state index contributed by atoms with van der Waals surface area (Å²) >= 11 is 0. The highest BCUT2D eigenvalue weighted by Crippen LogP contribution is 2.47. The molecule has 3 rings (SSSR count). The number of anilines is 1. The van der Waals surface area contributed by atoms with Crippen LogP contribution in [0.3, 0.4) is 0 Å². The van der Waals surface area contributed by atoms with E-state index >= 15 is 0 Å². The number of ether oxygens (including phenoxy) is 1. The van der Waals surface area contributed by atoms with E-state index in [1.165, 1.54) is 5.56 Å². The molecule has 1 atom stereocenters. The molecule has 0 bridgehead atoms. The van der Waals surface area contributed by atoms with Crippen molar-refractivity contribution in [2.45, 2.75) is 109 Å². The molecule has 1 aromatic heterocycles. The molecule has 41 heavy (non-hydrogen) atoms. The molecule has 0 aromatic carbocycles. The lowest BCUT2D eigenvalue weighted by Gasteiger charge is -2.42. The Morgan fingerprint density at radius 1 is 1.10 bits per heavy atom. The van der Waals surface area contributed by atoms with Gasteiger partial charge in [0.05, 0.1) is 0 Å². The van der Waals surface area contributed by atoms with Crippen molar-refractivity contribution in [1.29, 1.82) is 0 Å². The molecule has 12 heteroatoms. The monoisotopic (exact) mass is 584 g/mol. The number of amides is 2. The van der Waals surface area contributed by atoms with Crippen molar-refractivity contribution >= 4 is 23.8 Å². The molecule has 2 aliphatic heterocycles. The number of aliphatic carboxylic acids is 1. The summed E-state index contributed by atoms with van der Waals surface area (Å²) < 4.78 is 47.8. The number of carboxylic acid groups (broad SMARTS) is 1. The van der Waals surface area contributed by atoms with Gasteiger partial charge < -0.3 is 25.4 Å². The van der Waals surface area contributed by atoms with Gasteiger partial charge in [0, 0.05) is 25.3 Å². The average molecular weight is 585 g/mol. The maximum atomic E-state index is 14.2. The van der Waals surface area contributed by atoms with Crippen LogP contribution in [0.2, 0.25) is 0 Å². The Labute approximate surface area is 239 Å². The molecule has 1 saturated heterocycles. The highest BCUT2D eigenvalue weighted by atomic mass is 19.4. The van der Waals surface area contributed by atoms with Gasteiger partial charge in [-0.25, -0.2) is 14.6 Å². The first-order chi connectivity index (χ1) is 19.2. The van der Waals surface area contributed by atoms with Gasteiger partial charge in [-0.2, -0.15) is 13.2 Å². The number of nitrogens with one attached hydrogen (secondary N) is 2. The Balaban J connectivity index is 1.44. The number of unbranched alkanes of at least 4 members (excludes halogenated alkanes) is 4. The van der Waals surface area contributed by atoms with Crippen LogP contribution in [0.15, 0.2) is 12.1 Å². The second-order valence-electron chi connectivity index (χ2n) is 12.1. The highest BCUT2D eigenvalue weighted by molar-refractivity contribution is 5.88. The summed E-state index contributed by atoms with van der Waals surface area (Å²) in [7, 11) is 0. The first kappa shape index (κ1) is 32.5. The summed E-state index contributed by atoms with van der Waals surface area (Å²) in [6.07, 6.45) is -0.0851. The van der Waals surface area contributed by atoms with Gasteiger partial charge in [-0.05, 0) is 77.3 Å². The Hall–Kier alpha value is -3.05. The van der Waals surface area contributed by atoms with Crippen molar-refractivity contribution in [2.75, 3.05) is 25.0 Å². The zero-order valence-corrected chi connectivity index (χ0v) is 24.2. The maximum absolute atomic E-state index is 14.2. The van der Waals surface area contributed by atoms with E-state index in [0.717, 1.165) is 61.5 Å². The molecule has 0 spiro atoms. The number of rotatable bonds is 11. The average Bonchev–Trinajstić information content (AvgIpc) is 2.90. The summed E-state index contributed by atoms with van der Waals surface area (Å²) in [6, 6.07) is 2.76. The molecule has 0 aliphatic carbocycles. The molecular weight excluding hydrogens is 541 g/mol. The number of pyridine rings is 1. The number of carboxylic acids is 1. The van der Waals surface area contributed by atoms with Gasteiger partial charge >= 0.3 is 18.2 Å². The molecule has 0 saturated carbocycles. The SMILES string of the molecule is CC(C)(C)OC(=O)N1CCC(C(=O)N[C@@H](CCCCCCCc2ccc3c(n2)NCCC3)C(=O)O)(C(F)(F)F)CC1. The van der Waals surface area contributed by atoms with E-state index in [1.807, 2.05) is 0 Å². The number of alkyl halides is 3. The van der Waals surface area contributed by atoms with Gasteiger partial charge in [-0.15, -0.1) is 0 Å². The van der Waals surface area contributed by atoms with E-state index < -0.39 is 54.0 Å². The third-order valence-electron chi connectivity index (χ3n) is 7.73. The van der Waals surface area contributed by atoms with Crippen LogP contribution in [0.1, 0.15) is 89.8 Å². The quantitative estimate of drug-likeness (QED) is 0.295. The number of nitrogens with zero attached hydrogens (tertiary/aromatic N) is 2. The smallest absolute Gasteiger partial charge is 0.410 e. The van der Waals surface area contributed by atoms with Gasteiger partial charge in [-0.3, -0.25) is 4.79 Å². The lowest BCUT2D eigenvalue weighted by molar-refractivity contribution is -0.232. The standard InChI is InChI=1S/C29H43F3N4O5/c1-27(2,3)41-26(40)36-18-15-28(16-19-36,29(30,31)32)25(39)35-22(24(37)38)12-8-6-4-5-7-11-21-14-13-20-10-9-17-33-23(20)34-21/h13-14,22H,4-12,15-19H2,1-3H3,(H,33,34)(H,35,39)(H,37,38)/t22-/m0/s1. The lowest BCUT2D eigenvalue weighted by atomic mass is 9.76. The van der Waals surface area contributed by atoms with Gasteiger partial charge in [0.15, 0.2) is 0 Å². The minimum Gasteiger partial charge on any atom is -0.480 e. The van der Waals surface area contributed by atoms with Crippen LogP contribution in [-0.4, -0.2) is 70.4 Å². The third-order valence-corrected chi connectivity index (χ3v) is 7.73. The van der Waals surface area contributed by atoms with E-state index in [1.54, 1.807) is 20.8 Å². The number of aromatic nitrogens is 1. The van der Waals surface area contributed by atoms with Gasteiger partial charge in [0.2, 0.25) is 5.91 Å². The molecule has 1 fully saturated rings. The first-order valence-electron chi connectivity index (χ1n) is 14.5. The van der Waals surface area contributed by atoms with E-state index in [2.05, 4.69) is 27.8 Å². The predicted octanol–water partition coefficient (Wildman–Crippen LogP) is 5.47. The number of aryl methyl sites for hydroxylation is 2. The second-order valence-corrected chi connectivity index (χ2v) is 12.1. The zero-order valence-electron chi connectivity index (χ0n) is 24.2.